The van der Waals surface area contributed by atoms with Gasteiger partial charge in [-0.25, -0.2) is 13.1 Å². The van der Waals surface area contributed by atoms with E-state index in [9.17, 15) is 13.2 Å². The number of hydrogen-bond acceptors (Lipinski definition) is 4. The van der Waals surface area contributed by atoms with Gasteiger partial charge in [-0.05, 0) is 66.5 Å². The Morgan fingerprint density at radius 1 is 1.24 bits per heavy atom. The summed E-state index contributed by atoms with van der Waals surface area (Å²) in [5, 5.41) is 2.76. The lowest BCUT2D eigenvalue weighted by Gasteiger charge is -2.20. The van der Waals surface area contributed by atoms with Gasteiger partial charge < -0.3 is 5.32 Å². The normalized spacial score (nSPS) is 12.0. The third-order valence-electron chi connectivity index (χ3n) is 3.11. The minimum atomic E-state index is -3.72. The van der Waals surface area contributed by atoms with E-state index in [1.54, 1.807) is 45.3 Å². The first-order chi connectivity index (χ1) is 11.6. The van der Waals surface area contributed by atoms with Gasteiger partial charge in [-0.15, -0.1) is 0 Å². The van der Waals surface area contributed by atoms with E-state index in [4.69, 9.17) is 0 Å². The van der Waals surface area contributed by atoms with Crippen LogP contribution in [-0.4, -0.2) is 24.8 Å². The fraction of sp³-hybridized carbons (Fsp3) is 0.294. The van der Waals surface area contributed by atoms with Gasteiger partial charge in [0.1, 0.15) is 0 Å². The third-order valence-corrected chi connectivity index (χ3v) is 5.56. The highest BCUT2D eigenvalue weighted by atomic mass is 79.9. The molecule has 0 saturated heterocycles. The Bertz CT molecular complexity index is 862. The molecule has 0 radical (unpaired) electrons. The summed E-state index contributed by atoms with van der Waals surface area (Å²) in [7, 11) is -3.72. The van der Waals surface area contributed by atoms with Crippen LogP contribution < -0.4 is 10.0 Å². The van der Waals surface area contributed by atoms with Gasteiger partial charge in [-0.2, -0.15) is 0 Å². The molecule has 6 nitrogen and oxygen atoms in total. The summed E-state index contributed by atoms with van der Waals surface area (Å²) in [5.41, 5.74) is 0.486. The molecular formula is C17H20BrN3O3S. The van der Waals surface area contributed by atoms with E-state index in [2.05, 4.69) is 31.0 Å². The molecule has 1 amide bonds. The lowest BCUT2D eigenvalue weighted by molar-refractivity contribution is 0.0950. The zero-order valence-electron chi connectivity index (χ0n) is 14.2. The maximum absolute atomic E-state index is 12.4. The number of nitrogens with one attached hydrogen (secondary N) is 2. The smallest absolute Gasteiger partial charge is 0.252 e. The Labute approximate surface area is 156 Å². The molecule has 0 bridgehead atoms. The van der Waals surface area contributed by atoms with Crippen LogP contribution in [-0.2, 0) is 16.6 Å². The van der Waals surface area contributed by atoms with Crippen molar-refractivity contribution in [3.8, 4) is 0 Å². The molecule has 8 heteroatoms. The summed E-state index contributed by atoms with van der Waals surface area (Å²) < 4.78 is 28.0. The van der Waals surface area contributed by atoms with Gasteiger partial charge in [-0.3, -0.25) is 9.78 Å². The van der Waals surface area contributed by atoms with Gasteiger partial charge >= 0.3 is 0 Å². The van der Waals surface area contributed by atoms with Crippen LogP contribution in [0.3, 0.4) is 0 Å². The van der Waals surface area contributed by atoms with E-state index in [1.165, 1.54) is 12.1 Å². The molecule has 2 N–H and O–H groups in total. The Hall–Kier alpha value is -1.77. The van der Waals surface area contributed by atoms with Gasteiger partial charge in [0.15, 0.2) is 0 Å². The van der Waals surface area contributed by atoms with Crippen LogP contribution in [0.2, 0.25) is 0 Å². The quantitative estimate of drug-likeness (QED) is 0.770. The summed E-state index contributed by atoms with van der Waals surface area (Å²) in [6.45, 7) is 5.57. The second-order valence-electron chi connectivity index (χ2n) is 6.54. The SMILES string of the molecule is CC(C)(C)NS(=O)(=O)c1ccc(Br)c(C(=O)NCc2cccnc2)c1. The fourth-order valence-corrected chi connectivity index (χ4v) is 3.96. The summed E-state index contributed by atoms with van der Waals surface area (Å²) in [5.74, 6) is -0.372. The number of aromatic nitrogens is 1. The molecule has 0 aliphatic carbocycles. The van der Waals surface area contributed by atoms with Crippen molar-refractivity contribution in [2.24, 2.45) is 0 Å². The molecule has 0 aliphatic rings. The van der Waals surface area contributed by atoms with Gasteiger partial charge in [-0.1, -0.05) is 6.07 Å². The Morgan fingerprint density at radius 2 is 1.96 bits per heavy atom. The number of benzene rings is 1. The highest BCUT2D eigenvalue weighted by Crippen LogP contribution is 2.22. The maximum atomic E-state index is 12.4. The average Bonchev–Trinajstić information content (AvgIpc) is 2.51. The van der Waals surface area contributed by atoms with E-state index in [-0.39, 0.29) is 16.4 Å². The van der Waals surface area contributed by atoms with E-state index in [0.29, 0.717) is 11.0 Å². The van der Waals surface area contributed by atoms with Crippen LogP contribution >= 0.6 is 15.9 Å². The Morgan fingerprint density at radius 3 is 2.56 bits per heavy atom. The largest absolute Gasteiger partial charge is 0.348 e. The molecule has 1 aromatic heterocycles. The number of carbonyl (C=O) groups excluding carboxylic acids is 1. The van der Waals surface area contributed by atoms with E-state index < -0.39 is 15.6 Å². The number of carbonyl (C=O) groups is 1. The fourth-order valence-electron chi connectivity index (χ4n) is 2.09. The molecule has 0 aliphatic heterocycles. The predicted octanol–water partition coefficient (Wildman–Crippen LogP) is 2.85. The zero-order chi connectivity index (χ0) is 18.7. The summed E-state index contributed by atoms with van der Waals surface area (Å²) in [4.78, 5) is 16.5. The van der Waals surface area contributed by atoms with Crippen molar-refractivity contribution >= 4 is 31.9 Å². The van der Waals surface area contributed by atoms with Crippen molar-refractivity contribution in [3.63, 3.8) is 0 Å². The van der Waals surface area contributed by atoms with E-state index >= 15 is 0 Å². The molecule has 0 unspecified atom stereocenters. The van der Waals surface area contributed by atoms with Crippen molar-refractivity contribution in [2.45, 2.75) is 37.8 Å². The standard InChI is InChI=1S/C17H20BrN3O3S/c1-17(2,3)21-25(23,24)13-6-7-15(18)14(9-13)16(22)20-11-12-5-4-8-19-10-12/h4-10,21H,11H2,1-3H3,(H,20,22). The number of rotatable bonds is 5. The first-order valence-corrected chi connectivity index (χ1v) is 9.87. The number of nitrogens with zero attached hydrogens (tertiary/aromatic N) is 1. The van der Waals surface area contributed by atoms with Crippen LogP contribution in [0.5, 0.6) is 0 Å². The molecule has 1 aromatic carbocycles. The van der Waals surface area contributed by atoms with Crippen LogP contribution in [0.1, 0.15) is 36.7 Å². The molecule has 1 heterocycles. The van der Waals surface area contributed by atoms with Gasteiger partial charge in [0.2, 0.25) is 10.0 Å². The zero-order valence-corrected chi connectivity index (χ0v) is 16.6. The Balaban J connectivity index is 2.22. The van der Waals surface area contributed by atoms with Crippen molar-refractivity contribution in [2.75, 3.05) is 0 Å². The lowest BCUT2D eigenvalue weighted by Crippen LogP contribution is -2.40. The number of amides is 1. The van der Waals surface area contributed by atoms with Crippen LogP contribution in [0, 0.1) is 0 Å². The summed E-state index contributed by atoms with van der Waals surface area (Å²) in [6, 6.07) is 7.99. The predicted molar refractivity (Wildman–Crippen MR) is 99.6 cm³/mol. The van der Waals surface area contributed by atoms with Crippen molar-refractivity contribution in [1.82, 2.24) is 15.0 Å². The molecule has 0 fully saturated rings. The number of halogens is 1. The molecule has 0 saturated carbocycles. The van der Waals surface area contributed by atoms with Crippen molar-refractivity contribution in [3.05, 3.63) is 58.3 Å². The molecule has 134 valence electrons. The molecule has 2 rings (SSSR count). The van der Waals surface area contributed by atoms with Crippen LogP contribution in [0.25, 0.3) is 0 Å². The third kappa shape index (κ3) is 5.62. The maximum Gasteiger partial charge on any atom is 0.252 e. The summed E-state index contributed by atoms with van der Waals surface area (Å²) >= 11 is 3.30. The number of hydrogen-bond donors (Lipinski definition) is 2. The van der Waals surface area contributed by atoms with E-state index in [1.807, 2.05) is 6.07 Å². The lowest BCUT2D eigenvalue weighted by atomic mass is 10.1. The number of pyridine rings is 1. The monoisotopic (exact) mass is 425 g/mol. The summed E-state index contributed by atoms with van der Waals surface area (Å²) in [6.07, 6.45) is 3.31. The van der Waals surface area contributed by atoms with Crippen LogP contribution in [0.15, 0.2) is 52.1 Å². The average molecular weight is 426 g/mol. The highest BCUT2D eigenvalue weighted by Gasteiger charge is 2.23. The first kappa shape index (κ1) is 19.6. The van der Waals surface area contributed by atoms with Gasteiger partial charge in [0.05, 0.1) is 10.5 Å². The van der Waals surface area contributed by atoms with Gasteiger partial charge in [0.25, 0.3) is 5.91 Å². The molecule has 2 aromatic rings. The van der Waals surface area contributed by atoms with Crippen molar-refractivity contribution in [1.29, 1.82) is 0 Å². The minimum absolute atomic E-state index is 0.0390. The first-order valence-electron chi connectivity index (χ1n) is 7.59. The molecular weight excluding hydrogens is 406 g/mol. The molecule has 0 atom stereocenters. The van der Waals surface area contributed by atoms with Crippen LogP contribution in [0.4, 0.5) is 0 Å². The van der Waals surface area contributed by atoms with Crippen molar-refractivity contribution < 1.29 is 13.2 Å². The van der Waals surface area contributed by atoms with Gasteiger partial charge in [0, 0.05) is 29.0 Å². The second kappa shape index (κ2) is 7.63. The Kier molecular flexibility index (Phi) is 5.97. The minimum Gasteiger partial charge on any atom is -0.348 e. The second-order valence-corrected chi connectivity index (χ2v) is 9.08. The van der Waals surface area contributed by atoms with E-state index in [0.717, 1.165) is 5.56 Å². The highest BCUT2D eigenvalue weighted by molar-refractivity contribution is 9.10. The topological polar surface area (TPSA) is 88.2 Å². The molecule has 0 spiro atoms. The molecule has 25 heavy (non-hydrogen) atoms. The number of sulfonamides is 1.